The van der Waals surface area contributed by atoms with Crippen LogP contribution in [0.5, 0.6) is 0 Å². The molecule has 0 radical (unpaired) electrons. The number of nitrogens with one attached hydrogen (secondary N) is 1. The quantitative estimate of drug-likeness (QED) is 0.480. The molecule has 4 rings (SSSR count). The second-order valence-electron chi connectivity index (χ2n) is 8.05. The Morgan fingerprint density at radius 2 is 1.97 bits per heavy atom. The molecule has 8 nitrogen and oxygen atoms in total. The van der Waals surface area contributed by atoms with Crippen molar-refractivity contribution in [2.75, 3.05) is 0 Å². The van der Waals surface area contributed by atoms with Gasteiger partial charge in [-0.1, -0.05) is 12.1 Å². The minimum Gasteiger partial charge on any atom is -0.466 e. The monoisotopic (exact) mass is 431 g/mol. The molecule has 3 N–H and O–H groups in total. The lowest BCUT2D eigenvalue weighted by atomic mass is 10.1. The standard InChI is InChI=1S/C24H25N5O3/c1-13(2)29-23-20(12-27-29)19(10-21(28-23)18-8-14(3)32-15(18)4)24(31)26-11-16-6-5-7-17(9-16)22(25)30/h5-10,12-13H,11H2,1-4H3,(H2,25,30)(H,26,31). The predicted molar refractivity (Wildman–Crippen MR) is 121 cm³/mol. The highest BCUT2D eigenvalue weighted by molar-refractivity contribution is 6.06. The zero-order chi connectivity index (χ0) is 23.0. The number of aromatic nitrogens is 3. The van der Waals surface area contributed by atoms with Crippen LogP contribution in [0.1, 0.15) is 57.7 Å². The maximum atomic E-state index is 13.2. The SMILES string of the molecule is Cc1cc(-c2cc(C(=O)NCc3cccc(C(N)=O)c3)c3cnn(C(C)C)c3n2)c(C)o1. The van der Waals surface area contributed by atoms with Crippen molar-refractivity contribution in [3.05, 3.63) is 70.8 Å². The van der Waals surface area contributed by atoms with Crippen molar-refractivity contribution in [2.45, 2.75) is 40.3 Å². The normalized spacial score (nSPS) is 11.3. The van der Waals surface area contributed by atoms with E-state index in [1.54, 1.807) is 35.1 Å². The number of benzene rings is 1. The number of aryl methyl sites for hydroxylation is 2. The summed E-state index contributed by atoms with van der Waals surface area (Å²) in [5, 5.41) is 8.05. The van der Waals surface area contributed by atoms with Gasteiger partial charge in [-0.3, -0.25) is 9.59 Å². The van der Waals surface area contributed by atoms with Crippen LogP contribution in [-0.2, 0) is 6.54 Å². The summed E-state index contributed by atoms with van der Waals surface area (Å²) in [7, 11) is 0. The summed E-state index contributed by atoms with van der Waals surface area (Å²) >= 11 is 0. The van der Waals surface area contributed by atoms with Crippen LogP contribution in [0.4, 0.5) is 0 Å². The van der Waals surface area contributed by atoms with Crippen LogP contribution >= 0.6 is 0 Å². The number of hydrogen-bond donors (Lipinski definition) is 2. The summed E-state index contributed by atoms with van der Waals surface area (Å²) in [4.78, 5) is 29.4. The molecule has 8 heteroatoms. The van der Waals surface area contributed by atoms with Crippen molar-refractivity contribution in [3.63, 3.8) is 0 Å². The van der Waals surface area contributed by atoms with Crippen LogP contribution < -0.4 is 11.1 Å². The van der Waals surface area contributed by atoms with E-state index in [0.29, 0.717) is 27.9 Å². The van der Waals surface area contributed by atoms with E-state index in [0.717, 1.165) is 22.6 Å². The zero-order valence-corrected chi connectivity index (χ0v) is 18.5. The van der Waals surface area contributed by atoms with Gasteiger partial charge in [-0.25, -0.2) is 9.67 Å². The number of primary amides is 1. The van der Waals surface area contributed by atoms with E-state index in [9.17, 15) is 9.59 Å². The number of amides is 2. The number of nitrogens with two attached hydrogens (primary N) is 1. The average molecular weight is 431 g/mol. The predicted octanol–water partition coefficient (Wildman–Crippen LogP) is 3.92. The minimum absolute atomic E-state index is 0.0786. The maximum Gasteiger partial charge on any atom is 0.252 e. The summed E-state index contributed by atoms with van der Waals surface area (Å²) in [5.41, 5.74) is 9.12. The molecule has 0 saturated carbocycles. The summed E-state index contributed by atoms with van der Waals surface area (Å²) in [6.45, 7) is 8.03. The van der Waals surface area contributed by atoms with Crippen LogP contribution in [0.25, 0.3) is 22.3 Å². The number of pyridine rings is 1. The first-order valence-corrected chi connectivity index (χ1v) is 10.4. The van der Waals surface area contributed by atoms with Crippen LogP contribution in [0.2, 0.25) is 0 Å². The van der Waals surface area contributed by atoms with Gasteiger partial charge in [0.1, 0.15) is 11.5 Å². The summed E-state index contributed by atoms with van der Waals surface area (Å²) in [5.74, 6) is 0.742. The summed E-state index contributed by atoms with van der Waals surface area (Å²) < 4.78 is 7.48. The molecule has 0 aliphatic heterocycles. The van der Waals surface area contributed by atoms with E-state index in [4.69, 9.17) is 15.1 Å². The van der Waals surface area contributed by atoms with E-state index in [1.807, 2.05) is 39.8 Å². The Bertz CT molecular complexity index is 1330. The number of furan rings is 1. The van der Waals surface area contributed by atoms with Gasteiger partial charge >= 0.3 is 0 Å². The second-order valence-corrected chi connectivity index (χ2v) is 8.05. The van der Waals surface area contributed by atoms with Gasteiger partial charge in [-0.2, -0.15) is 5.10 Å². The third-order valence-electron chi connectivity index (χ3n) is 5.28. The molecule has 3 aromatic heterocycles. The molecule has 0 unspecified atom stereocenters. The number of carbonyl (C=O) groups is 2. The Kier molecular flexibility index (Phi) is 5.52. The Labute approximate surface area is 185 Å². The molecule has 0 fully saturated rings. The topological polar surface area (TPSA) is 116 Å². The summed E-state index contributed by atoms with van der Waals surface area (Å²) in [6.07, 6.45) is 1.67. The van der Waals surface area contributed by atoms with Crippen molar-refractivity contribution >= 4 is 22.8 Å². The van der Waals surface area contributed by atoms with E-state index >= 15 is 0 Å². The first-order valence-electron chi connectivity index (χ1n) is 10.4. The van der Waals surface area contributed by atoms with Crippen molar-refractivity contribution in [1.29, 1.82) is 0 Å². The molecule has 0 spiro atoms. The fourth-order valence-corrected chi connectivity index (χ4v) is 3.72. The van der Waals surface area contributed by atoms with Crippen LogP contribution in [0.3, 0.4) is 0 Å². The first kappa shape index (κ1) is 21.3. The van der Waals surface area contributed by atoms with Gasteiger partial charge in [0, 0.05) is 23.7 Å². The van der Waals surface area contributed by atoms with Crippen molar-refractivity contribution in [2.24, 2.45) is 5.73 Å². The third-order valence-corrected chi connectivity index (χ3v) is 5.28. The maximum absolute atomic E-state index is 13.2. The highest BCUT2D eigenvalue weighted by Crippen LogP contribution is 2.30. The molecule has 164 valence electrons. The largest absolute Gasteiger partial charge is 0.466 e. The zero-order valence-electron chi connectivity index (χ0n) is 18.5. The van der Waals surface area contributed by atoms with Gasteiger partial charge in [0.25, 0.3) is 5.91 Å². The van der Waals surface area contributed by atoms with Gasteiger partial charge in [0.15, 0.2) is 5.65 Å². The highest BCUT2D eigenvalue weighted by Gasteiger charge is 2.20. The lowest BCUT2D eigenvalue weighted by molar-refractivity contribution is 0.0951. The fraction of sp³-hybridized carbons (Fsp3) is 0.250. The molecular formula is C24H25N5O3. The molecule has 0 atom stereocenters. The van der Waals surface area contributed by atoms with E-state index < -0.39 is 5.91 Å². The van der Waals surface area contributed by atoms with Gasteiger partial charge < -0.3 is 15.5 Å². The average Bonchev–Trinajstić information content (AvgIpc) is 3.33. The van der Waals surface area contributed by atoms with E-state index in [2.05, 4.69) is 10.4 Å². The van der Waals surface area contributed by atoms with Crippen molar-refractivity contribution in [3.8, 4) is 11.3 Å². The molecule has 1 aromatic carbocycles. The van der Waals surface area contributed by atoms with Crippen LogP contribution in [0, 0.1) is 13.8 Å². The van der Waals surface area contributed by atoms with Crippen molar-refractivity contribution < 1.29 is 14.0 Å². The molecule has 0 bridgehead atoms. The number of rotatable bonds is 6. The number of carbonyl (C=O) groups excluding carboxylic acids is 2. The van der Waals surface area contributed by atoms with E-state index in [1.165, 1.54) is 0 Å². The Hall–Kier alpha value is -3.94. The molecule has 0 saturated heterocycles. The molecule has 3 heterocycles. The highest BCUT2D eigenvalue weighted by atomic mass is 16.3. The number of hydrogen-bond acceptors (Lipinski definition) is 5. The lowest BCUT2D eigenvalue weighted by Crippen LogP contribution is -2.23. The van der Waals surface area contributed by atoms with Gasteiger partial charge in [0.05, 0.1) is 22.8 Å². The van der Waals surface area contributed by atoms with Gasteiger partial charge in [0.2, 0.25) is 5.91 Å². The number of nitrogens with zero attached hydrogens (tertiary/aromatic N) is 3. The Morgan fingerprint density at radius 3 is 2.62 bits per heavy atom. The van der Waals surface area contributed by atoms with Crippen LogP contribution in [0.15, 0.2) is 47.0 Å². The Balaban J connectivity index is 1.73. The second kappa shape index (κ2) is 8.30. The van der Waals surface area contributed by atoms with E-state index in [-0.39, 0.29) is 18.5 Å². The number of fused-ring (bicyclic) bond motifs is 1. The molecular weight excluding hydrogens is 406 g/mol. The molecule has 2 amide bonds. The molecule has 32 heavy (non-hydrogen) atoms. The van der Waals surface area contributed by atoms with Crippen LogP contribution in [-0.4, -0.2) is 26.6 Å². The summed E-state index contributed by atoms with van der Waals surface area (Å²) in [6, 6.07) is 10.6. The first-order chi connectivity index (χ1) is 15.2. The Morgan fingerprint density at radius 1 is 1.19 bits per heavy atom. The minimum atomic E-state index is -0.509. The van der Waals surface area contributed by atoms with Gasteiger partial charge in [-0.05, 0) is 57.5 Å². The molecule has 4 aromatic rings. The molecule has 0 aliphatic rings. The molecule has 0 aliphatic carbocycles. The third kappa shape index (κ3) is 3.99. The van der Waals surface area contributed by atoms with Crippen molar-refractivity contribution in [1.82, 2.24) is 20.1 Å². The van der Waals surface area contributed by atoms with Gasteiger partial charge in [-0.15, -0.1) is 0 Å². The fourth-order valence-electron chi connectivity index (χ4n) is 3.72. The lowest BCUT2D eigenvalue weighted by Gasteiger charge is -2.11. The smallest absolute Gasteiger partial charge is 0.252 e.